The minimum atomic E-state index is -0.635. The average Bonchev–Trinajstić information content (AvgIpc) is 2.29. The Kier molecular flexibility index (Phi) is 4.36. The van der Waals surface area contributed by atoms with Gasteiger partial charge in [-0.05, 0) is 23.8 Å². The highest BCUT2D eigenvalue weighted by molar-refractivity contribution is 6.00. The van der Waals surface area contributed by atoms with Crippen molar-refractivity contribution in [2.75, 3.05) is 0 Å². The van der Waals surface area contributed by atoms with Gasteiger partial charge in [-0.25, -0.2) is 10.2 Å². The van der Waals surface area contributed by atoms with Crippen LogP contribution in [0.5, 0.6) is 0 Å². The van der Waals surface area contributed by atoms with Crippen LogP contribution in [0.15, 0.2) is 30.0 Å². The summed E-state index contributed by atoms with van der Waals surface area (Å²) in [6, 6.07) is 5.44. The zero-order chi connectivity index (χ0) is 12.8. The van der Waals surface area contributed by atoms with E-state index in [1.54, 1.807) is 0 Å². The maximum atomic E-state index is 12.7. The molecule has 0 radical (unpaired) electrons. The Morgan fingerprint density at radius 1 is 1.29 bits per heavy atom. The summed E-state index contributed by atoms with van der Waals surface area (Å²) in [6.07, 6.45) is 1.39. The van der Waals surface area contributed by atoms with Crippen molar-refractivity contribution in [2.24, 2.45) is 5.84 Å². The highest BCUT2D eigenvalue weighted by Crippen LogP contribution is 2.07. The summed E-state index contributed by atoms with van der Waals surface area (Å²) >= 11 is 0. The molecule has 0 unspecified atom stereocenters. The molecule has 0 bridgehead atoms. The monoisotopic (exact) mass is 237 g/mol. The number of nitrogens with one attached hydrogen (secondary N) is 2. The smallest absolute Gasteiger partial charge is 0.281 e. The zero-order valence-electron chi connectivity index (χ0n) is 9.16. The van der Waals surface area contributed by atoms with E-state index in [1.165, 1.54) is 37.3 Å². The molecule has 0 fully saturated rings. The molecule has 1 aromatic rings. The van der Waals surface area contributed by atoms with Crippen LogP contribution >= 0.6 is 0 Å². The highest BCUT2D eigenvalue weighted by Gasteiger charge is 2.09. The van der Waals surface area contributed by atoms with E-state index >= 15 is 0 Å². The van der Waals surface area contributed by atoms with Gasteiger partial charge in [-0.2, -0.15) is 0 Å². The van der Waals surface area contributed by atoms with Gasteiger partial charge in [-0.3, -0.25) is 15.0 Å². The van der Waals surface area contributed by atoms with Crippen molar-refractivity contribution in [1.82, 2.24) is 10.7 Å². The topological polar surface area (TPSA) is 84.2 Å². The molecule has 17 heavy (non-hydrogen) atoms. The SMILES string of the molecule is CC(=O)NC(=Cc1ccc(F)cc1)C(=O)NN. The van der Waals surface area contributed by atoms with Crippen molar-refractivity contribution in [2.45, 2.75) is 6.92 Å². The Hall–Kier alpha value is -2.21. The number of halogens is 1. The molecule has 6 heteroatoms. The zero-order valence-corrected chi connectivity index (χ0v) is 9.16. The number of carbonyl (C=O) groups excluding carboxylic acids is 2. The molecule has 5 nitrogen and oxygen atoms in total. The van der Waals surface area contributed by atoms with Gasteiger partial charge in [0.25, 0.3) is 5.91 Å². The van der Waals surface area contributed by atoms with Crippen LogP contribution < -0.4 is 16.6 Å². The summed E-state index contributed by atoms with van der Waals surface area (Å²) in [4.78, 5) is 22.2. The fourth-order valence-corrected chi connectivity index (χ4v) is 1.15. The predicted octanol–water partition coefficient (Wildman–Crippen LogP) is 0.293. The van der Waals surface area contributed by atoms with Crippen LogP contribution in [0.1, 0.15) is 12.5 Å². The maximum Gasteiger partial charge on any atom is 0.281 e. The summed E-state index contributed by atoms with van der Waals surface area (Å²) in [7, 11) is 0. The Morgan fingerprint density at radius 3 is 2.35 bits per heavy atom. The number of amides is 2. The molecule has 0 aromatic heterocycles. The van der Waals surface area contributed by atoms with Crippen LogP contribution in [-0.4, -0.2) is 11.8 Å². The average molecular weight is 237 g/mol. The Morgan fingerprint density at radius 2 is 1.88 bits per heavy atom. The largest absolute Gasteiger partial charge is 0.322 e. The lowest BCUT2D eigenvalue weighted by Gasteiger charge is -2.06. The van der Waals surface area contributed by atoms with Crippen LogP contribution in [0.2, 0.25) is 0 Å². The van der Waals surface area contributed by atoms with Gasteiger partial charge in [0.15, 0.2) is 0 Å². The maximum absolute atomic E-state index is 12.7. The molecule has 0 heterocycles. The molecule has 0 aliphatic rings. The van der Waals surface area contributed by atoms with E-state index in [2.05, 4.69) is 5.32 Å². The molecule has 0 aliphatic carbocycles. The van der Waals surface area contributed by atoms with Crippen molar-refractivity contribution in [3.63, 3.8) is 0 Å². The lowest BCUT2D eigenvalue weighted by atomic mass is 10.2. The Labute approximate surface area is 97.5 Å². The van der Waals surface area contributed by atoms with Gasteiger partial charge in [-0.15, -0.1) is 0 Å². The standard InChI is InChI=1S/C11H12FN3O2/c1-7(16)14-10(11(17)15-13)6-8-2-4-9(12)5-3-8/h2-6H,13H2,1H3,(H,14,16)(H,15,17). The van der Waals surface area contributed by atoms with Crippen molar-refractivity contribution >= 4 is 17.9 Å². The first-order valence-corrected chi connectivity index (χ1v) is 4.78. The van der Waals surface area contributed by atoms with Crippen LogP contribution in [0.3, 0.4) is 0 Å². The van der Waals surface area contributed by atoms with E-state index in [-0.39, 0.29) is 11.5 Å². The van der Waals surface area contributed by atoms with Crippen LogP contribution in [0.25, 0.3) is 6.08 Å². The summed E-state index contributed by atoms with van der Waals surface area (Å²) in [5, 5.41) is 2.33. The van der Waals surface area contributed by atoms with Crippen LogP contribution in [0.4, 0.5) is 4.39 Å². The number of hydrazine groups is 1. The van der Waals surface area contributed by atoms with Crippen molar-refractivity contribution < 1.29 is 14.0 Å². The van der Waals surface area contributed by atoms with Gasteiger partial charge in [0.05, 0.1) is 0 Å². The molecule has 4 N–H and O–H groups in total. The minimum absolute atomic E-state index is 0.00777. The lowest BCUT2D eigenvalue weighted by molar-refractivity contribution is -0.122. The van der Waals surface area contributed by atoms with Crippen molar-refractivity contribution in [3.8, 4) is 0 Å². The summed E-state index contributed by atoms with van der Waals surface area (Å²) in [5.41, 5.74) is 2.47. The van der Waals surface area contributed by atoms with Crippen LogP contribution in [-0.2, 0) is 9.59 Å². The molecule has 2 amide bonds. The first-order chi connectivity index (χ1) is 8.02. The summed E-state index contributed by atoms with van der Waals surface area (Å²) in [6.45, 7) is 1.27. The quantitative estimate of drug-likeness (QED) is 0.306. The van der Waals surface area contributed by atoms with Gasteiger partial charge in [-0.1, -0.05) is 12.1 Å². The molecule has 0 atom stereocenters. The third kappa shape index (κ3) is 4.04. The molecular formula is C11H12FN3O2. The molecule has 90 valence electrons. The molecule has 0 spiro atoms. The number of hydrogen-bond acceptors (Lipinski definition) is 3. The second-order valence-electron chi connectivity index (χ2n) is 3.26. The number of hydrogen-bond donors (Lipinski definition) is 3. The lowest BCUT2D eigenvalue weighted by Crippen LogP contribution is -2.37. The highest BCUT2D eigenvalue weighted by atomic mass is 19.1. The fraction of sp³-hybridized carbons (Fsp3) is 0.0909. The molecule has 1 aromatic carbocycles. The number of nitrogens with two attached hydrogens (primary N) is 1. The van der Waals surface area contributed by atoms with Crippen LogP contribution in [0, 0.1) is 5.82 Å². The second-order valence-corrected chi connectivity index (χ2v) is 3.26. The van der Waals surface area contributed by atoms with E-state index in [9.17, 15) is 14.0 Å². The predicted molar refractivity (Wildman–Crippen MR) is 60.5 cm³/mol. The van der Waals surface area contributed by atoms with E-state index < -0.39 is 11.8 Å². The number of carbonyl (C=O) groups is 2. The van der Waals surface area contributed by atoms with Gasteiger partial charge in [0.1, 0.15) is 11.5 Å². The van der Waals surface area contributed by atoms with Crippen molar-refractivity contribution in [3.05, 3.63) is 41.3 Å². The molecule has 0 saturated carbocycles. The summed E-state index contributed by atoms with van der Waals surface area (Å²) < 4.78 is 12.7. The second kappa shape index (κ2) is 5.76. The molecule has 1 rings (SSSR count). The number of benzene rings is 1. The summed E-state index contributed by atoms with van der Waals surface area (Å²) in [5.74, 6) is 3.56. The first kappa shape index (κ1) is 12.9. The third-order valence-corrected chi connectivity index (χ3v) is 1.87. The first-order valence-electron chi connectivity index (χ1n) is 4.78. The van der Waals surface area contributed by atoms with Gasteiger partial charge >= 0.3 is 0 Å². The van der Waals surface area contributed by atoms with Gasteiger partial charge < -0.3 is 5.32 Å². The van der Waals surface area contributed by atoms with Crippen molar-refractivity contribution in [1.29, 1.82) is 0 Å². The molecular weight excluding hydrogens is 225 g/mol. The minimum Gasteiger partial charge on any atom is -0.322 e. The Balaban J connectivity index is 3.00. The third-order valence-electron chi connectivity index (χ3n) is 1.87. The fourth-order valence-electron chi connectivity index (χ4n) is 1.15. The number of rotatable bonds is 3. The normalized spacial score (nSPS) is 10.9. The van der Waals surface area contributed by atoms with E-state index in [1.807, 2.05) is 5.43 Å². The molecule has 0 saturated heterocycles. The van der Waals surface area contributed by atoms with E-state index in [4.69, 9.17) is 5.84 Å². The van der Waals surface area contributed by atoms with E-state index in [0.29, 0.717) is 5.56 Å². The van der Waals surface area contributed by atoms with Gasteiger partial charge in [0, 0.05) is 6.92 Å². The molecule has 0 aliphatic heterocycles. The van der Waals surface area contributed by atoms with Gasteiger partial charge in [0.2, 0.25) is 5.91 Å². The Bertz CT molecular complexity index is 454. The van der Waals surface area contributed by atoms with E-state index in [0.717, 1.165) is 0 Å².